The smallest absolute Gasteiger partial charge is 0.302 e. The number of hydrogen-bond acceptors (Lipinski definition) is 4. The van der Waals surface area contributed by atoms with E-state index in [4.69, 9.17) is 9.47 Å². The number of rotatable bonds is 6. The molecule has 0 aromatic heterocycles. The number of allylic oxidation sites excluding steroid dienone is 2. The highest BCUT2D eigenvalue weighted by Gasteiger charge is 2.58. The number of carbonyl (C=O) groups excluding carboxylic acids is 1. The second-order valence-corrected chi connectivity index (χ2v) is 11.3. The maximum absolute atomic E-state index is 12.2. The Hall–Kier alpha value is -2.07. The maximum atomic E-state index is 12.2. The molecule has 3 saturated carbocycles. The molecule has 0 aliphatic heterocycles. The van der Waals surface area contributed by atoms with Crippen molar-refractivity contribution in [1.29, 1.82) is 0 Å². The molecule has 0 radical (unpaired) electrons. The maximum Gasteiger partial charge on any atom is 0.302 e. The normalized spacial score (nSPS) is 38.0. The van der Waals surface area contributed by atoms with Crippen LogP contribution in [0.4, 0.5) is 0 Å². The van der Waals surface area contributed by atoms with Gasteiger partial charge in [0, 0.05) is 18.8 Å². The molecule has 3 aliphatic rings. The molecule has 1 aromatic carbocycles. The number of fused-ring (bicyclic) bond motifs is 1. The van der Waals surface area contributed by atoms with Crippen LogP contribution in [0.2, 0.25) is 0 Å². The quantitative estimate of drug-likeness (QED) is 0.380. The molecule has 34 heavy (non-hydrogen) atoms. The number of carbonyl (C=O) groups is 1. The van der Waals surface area contributed by atoms with E-state index in [9.17, 15) is 9.90 Å². The number of hydrogen-bond donors (Lipinski definition) is 1. The molecular weight excluding hydrogens is 424 g/mol. The fourth-order valence-electron chi connectivity index (χ4n) is 7.22. The highest BCUT2D eigenvalue weighted by atomic mass is 16.5. The first-order chi connectivity index (χ1) is 16.2. The minimum Gasteiger partial charge on any atom is -0.494 e. The van der Waals surface area contributed by atoms with Gasteiger partial charge in [0.1, 0.15) is 11.9 Å². The average Bonchev–Trinajstić information content (AvgIpc) is 3.10. The largest absolute Gasteiger partial charge is 0.494 e. The van der Waals surface area contributed by atoms with E-state index in [1.54, 1.807) is 6.92 Å². The van der Waals surface area contributed by atoms with Gasteiger partial charge in [-0.2, -0.15) is 0 Å². The molecule has 7 unspecified atom stereocenters. The first-order valence-corrected chi connectivity index (χ1v) is 13.1. The van der Waals surface area contributed by atoms with Gasteiger partial charge in [-0.15, -0.1) is 0 Å². The van der Waals surface area contributed by atoms with Crippen LogP contribution in [0.3, 0.4) is 0 Å². The Labute approximate surface area is 205 Å². The van der Waals surface area contributed by atoms with Crippen LogP contribution in [0.25, 0.3) is 6.08 Å². The highest BCUT2D eigenvalue weighted by Crippen LogP contribution is 2.62. The van der Waals surface area contributed by atoms with Gasteiger partial charge in [0.15, 0.2) is 0 Å². The van der Waals surface area contributed by atoms with Crippen molar-refractivity contribution in [3.63, 3.8) is 0 Å². The number of esters is 1. The van der Waals surface area contributed by atoms with E-state index in [0.29, 0.717) is 12.5 Å². The SMILES string of the molecule is C=C1CCC2C(OC(C)=O)C(C3(C)CCC(O)CC3C=Cc3ccc(OCC)cc3)CCC12C. The summed E-state index contributed by atoms with van der Waals surface area (Å²) in [5, 5.41) is 10.6. The highest BCUT2D eigenvalue weighted by molar-refractivity contribution is 5.66. The van der Waals surface area contributed by atoms with Gasteiger partial charge in [-0.1, -0.05) is 50.3 Å². The van der Waals surface area contributed by atoms with Gasteiger partial charge >= 0.3 is 5.97 Å². The molecule has 1 aromatic rings. The van der Waals surface area contributed by atoms with E-state index in [1.807, 2.05) is 19.1 Å². The number of aliphatic hydroxyl groups excluding tert-OH is 1. The van der Waals surface area contributed by atoms with Gasteiger partial charge in [0.05, 0.1) is 12.7 Å². The van der Waals surface area contributed by atoms with Gasteiger partial charge in [-0.3, -0.25) is 4.79 Å². The van der Waals surface area contributed by atoms with Gasteiger partial charge in [0.25, 0.3) is 0 Å². The van der Waals surface area contributed by atoms with Crippen LogP contribution in [-0.4, -0.2) is 29.9 Å². The molecule has 0 heterocycles. The lowest BCUT2D eigenvalue weighted by Gasteiger charge is -2.55. The van der Waals surface area contributed by atoms with Crippen LogP contribution in [0, 0.1) is 28.6 Å². The third kappa shape index (κ3) is 4.71. The molecule has 0 amide bonds. The molecule has 7 atom stereocenters. The number of ether oxygens (including phenoxy) is 2. The lowest BCUT2D eigenvalue weighted by atomic mass is 9.51. The summed E-state index contributed by atoms with van der Waals surface area (Å²) >= 11 is 0. The molecule has 3 fully saturated rings. The van der Waals surface area contributed by atoms with Crippen molar-refractivity contribution in [1.82, 2.24) is 0 Å². The summed E-state index contributed by atoms with van der Waals surface area (Å²) in [6.07, 6.45) is 10.8. The first kappa shape index (κ1) is 25.0. The molecule has 4 rings (SSSR count). The Balaban J connectivity index is 1.62. The third-order valence-electron chi connectivity index (χ3n) is 9.40. The standard InChI is InChI=1S/C30H42O4/c1-6-33-25-12-9-22(10-13-25)8-11-23-19-24(32)15-17-30(23,5)27-16-18-29(4)20(2)7-14-26(29)28(27)34-21(3)31/h8-13,23-24,26-28,32H,2,6-7,14-19H2,1,3-5H3. The molecule has 186 valence electrons. The van der Waals surface area contributed by atoms with Gasteiger partial charge < -0.3 is 14.6 Å². The molecule has 3 aliphatic carbocycles. The van der Waals surface area contributed by atoms with Crippen LogP contribution in [-0.2, 0) is 9.53 Å². The predicted octanol–water partition coefficient (Wildman–Crippen LogP) is 6.58. The van der Waals surface area contributed by atoms with E-state index in [1.165, 1.54) is 5.57 Å². The molecule has 1 N–H and O–H groups in total. The van der Waals surface area contributed by atoms with Crippen LogP contribution < -0.4 is 4.74 Å². The van der Waals surface area contributed by atoms with Crippen molar-refractivity contribution < 1.29 is 19.4 Å². The molecule has 0 spiro atoms. The minimum absolute atomic E-state index is 0.0354. The van der Waals surface area contributed by atoms with E-state index in [0.717, 1.165) is 56.3 Å². The zero-order valence-corrected chi connectivity index (χ0v) is 21.4. The molecule has 4 heteroatoms. The van der Waals surface area contributed by atoms with Crippen molar-refractivity contribution in [3.8, 4) is 5.75 Å². The van der Waals surface area contributed by atoms with Crippen molar-refractivity contribution in [2.45, 2.75) is 84.8 Å². The number of aliphatic hydroxyl groups is 1. The second kappa shape index (κ2) is 9.89. The fraction of sp³-hybridized carbons (Fsp3) is 0.633. The Morgan fingerprint density at radius 1 is 1.15 bits per heavy atom. The van der Waals surface area contributed by atoms with E-state index >= 15 is 0 Å². The Morgan fingerprint density at radius 3 is 2.56 bits per heavy atom. The average molecular weight is 467 g/mol. The molecular formula is C30H42O4. The van der Waals surface area contributed by atoms with Gasteiger partial charge in [-0.25, -0.2) is 0 Å². The molecule has 4 nitrogen and oxygen atoms in total. The summed E-state index contributed by atoms with van der Waals surface area (Å²) in [5.41, 5.74) is 2.48. The topological polar surface area (TPSA) is 55.8 Å². The summed E-state index contributed by atoms with van der Waals surface area (Å²) in [6.45, 7) is 13.3. The summed E-state index contributed by atoms with van der Waals surface area (Å²) < 4.78 is 11.7. The van der Waals surface area contributed by atoms with Crippen molar-refractivity contribution in [3.05, 3.63) is 48.1 Å². The van der Waals surface area contributed by atoms with Crippen LogP contribution in [0.15, 0.2) is 42.5 Å². The Morgan fingerprint density at radius 2 is 1.88 bits per heavy atom. The molecule has 0 bridgehead atoms. The molecule has 0 saturated heterocycles. The Bertz CT molecular complexity index is 918. The summed E-state index contributed by atoms with van der Waals surface area (Å²) in [7, 11) is 0. The van der Waals surface area contributed by atoms with Crippen molar-refractivity contribution in [2.24, 2.45) is 28.6 Å². The van der Waals surface area contributed by atoms with Crippen LogP contribution in [0.5, 0.6) is 5.75 Å². The zero-order valence-electron chi connectivity index (χ0n) is 21.4. The van der Waals surface area contributed by atoms with E-state index in [-0.39, 0.29) is 40.8 Å². The van der Waals surface area contributed by atoms with Crippen molar-refractivity contribution >= 4 is 12.0 Å². The second-order valence-electron chi connectivity index (χ2n) is 11.3. The van der Waals surface area contributed by atoms with Gasteiger partial charge in [0.2, 0.25) is 0 Å². The predicted molar refractivity (Wildman–Crippen MR) is 136 cm³/mol. The minimum atomic E-state index is -0.282. The zero-order chi connectivity index (χ0) is 24.5. The number of benzene rings is 1. The van der Waals surface area contributed by atoms with E-state index in [2.05, 4.69) is 44.7 Å². The first-order valence-electron chi connectivity index (χ1n) is 13.1. The van der Waals surface area contributed by atoms with Crippen LogP contribution >= 0.6 is 0 Å². The van der Waals surface area contributed by atoms with E-state index < -0.39 is 0 Å². The summed E-state index contributed by atoms with van der Waals surface area (Å²) in [4.78, 5) is 12.2. The van der Waals surface area contributed by atoms with Crippen molar-refractivity contribution in [2.75, 3.05) is 6.61 Å². The fourth-order valence-corrected chi connectivity index (χ4v) is 7.22. The third-order valence-corrected chi connectivity index (χ3v) is 9.40. The monoisotopic (exact) mass is 466 g/mol. The summed E-state index contributed by atoms with van der Waals surface area (Å²) in [5.74, 6) is 1.53. The van der Waals surface area contributed by atoms with Gasteiger partial charge in [-0.05, 0) is 86.3 Å². The lowest BCUT2D eigenvalue weighted by molar-refractivity contribution is -0.171. The van der Waals surface area contributed by atoms with Crippen LogP contribution in [0.1, 0.15) is 78.2 Å². The Kier molecular flexibility index (Phi) is 7.28. The lowest BCUT2D eigenvalue weighted by Crippen LogP contribution is -2.53. The summed E-state index contributed by atoms with van der Waals surface area (Å²) in [6, 6.07) is 8.17.